The van der Waals surface area contributed by atoms with Crippen molar-refractivity contribution < 1.29 is 14.6 Å². The summed E-state index contributed by atoms with van der Waals surface area (Å²) in [4.78, 5) is 10.3. The zero-order valence-electron chi connectivity index (χ0n) is 8.44. The van der Waals surface area contributed by atoms with Crippen LogP contribution in [-0.2, 0) is 4.79 Å². The molecule has 0 aliphatic heterocycles. The van der Waals surface area contributed by atoms with Crippen LogP contribution in [0.15, 0.2) is 42.5 Å². The summed E-state index contributed by atoms with van der Waals surface area (Å²) in [5.41, 5.74) is 0.117. The molecule has 1 rings (SSSR count). The van der Waals surface area contributed by atoms with Crippen molar-refractivity contribution in [3.05, 3.63) is 42.5 Å². The number of carbonyl (C=O) groups excluding carboxylic acids is 1. The molecule has 80 valence electrons. The van der Waals surface area contributed by atoms with Crippen LogP contribution in [0.2, 0.25) is 0 Å². The molecule has 0 saturated carbocycles. The van der Waals surface area contributed by atoms with Gasteiger partial charge in [-0.2, -0.15) is 0 Å². The Balaban J connectivity index is 2.18. The summed E-state index contributed by atoms with van der Waals surface area (Å²) in [6, 6.07) is 9.39. The second-order valence-electron chi connectivity index (χ2n) is 3.16. The summed E-state index contributed by atoms with van der Waals surface area (Å²) in [6.07, 6.45) is 1.02. The van der Waals surface area contributed by atoms with Crippen LogP contribution in [0.25, 0.3) is 0 Å². The fourth-order valence-corrected chi connectivity index (χ4v) is 1.09. The molecule has 0 unspecified atom stereocenters. The van der Waals surface area contributed by atoms with E-state index in [4.69, 9.17) is 4.74 Å². The van der Waals surface area contributed by atoms with E-state index in [-0.39, 0.29) is 5.57 Å². The van der Waals surface area contributed by atoms with Gasteiger partial charge in [0.1, 0.15) is 5.75 Å². The summed E-state index contributed by atoms with van der Waals surface area (Å²) < 4.78 is 5.38. The Hall–Kier alpha value is -1.77. The Morgan fingerprint density at radius 1 is 1.33 bits per heavy atom. The molecule has 0 N–H and O–H groups in total. The number of hydrogen-bond donors (Lipinski definition) is 0. The van der Waals surface area contributed by atoms with E-state index in [1.165, 1.54) is 0 Å². The van der Waals surface area contributed by atoms with Crippen molar-refractivity contribution >= 4 is 5.97 Å². The van der Waals surface area contributed by atoms with E-state index in [2.05, 4.69) is 6.58 Å². The van der Waals surface area contributed by atoms with Gasteiger partial charge < -0.3 is 14.6 Å². The summed E-state index contributed by atoms with van der Waals surface area (Å²) in [5.74, 6) is -0.397. The Labute approximate surface area is 89.0 Å². The smallest absolute Gasteiger partial charge is 0.119 e. The van der Waals surface area contributed by atoms with Gasteiger partial charge in [-0.05, 0) is 30.5 Å². The van der Waals surface area contributed by atoms with Crippen molar-refractivity contribution in [1.29, 1.82) is 0 Å². The lowest BCUT2D eigenvalue weighted by Gasteiger charge is -2.07. The van der Waals surface area contributed by atoms with Gasteiger partial charge in [0.2, 0.25) is 0 Å². The highest BCUT2D eigenvalue weighted by molar-refractivity contribution is 5.83. The van der Waals surface area contributed by atoms with Crippen LogP contribution < -0.4 is 9.84 Å². The van der Waals surface area contributed by atoms with Crippen LogP contribution in [0.4, 0.5) is 0 Å². The highest BCUT2D eigenvalue weighted by Crippen LogP contribution is 2.09. The third kappa shape index (κ3) is 4.31. The zero-order chi connectivity index (χ0) is 11.1. The van der Waals surface area contributed by atoms with Gasteiger partial charge >= 0.3 is 0 Å². The lowest BCUT2D eigenvalue weighted by molar-refractivity contribution is -0.299. The van der Waals surface area contributed by atoms with E-state index in [1.54, 1.807) is 0 Å². The number of ether oxygens (including phenoxy) is 1. The molecule has 3 nitrogen and oxygen atoms in total. The average Bonchev–Trinajstić information content (AvgIpc) is 2.25. The van der Waals surface area contributed by atoms with Gasteiger partial charge in [-0.15, -0.1) is 0 Å². The SMILES string of the molecule is C=C(CCCOc1ccccc1)C(=O)[O-]. The van der Waals surface area contributed by atoms with Gasteiger partial charge in [0.05, 0.1) is 12.6 Å². The molecule has 3 heteroatoms. The predicted molar refractivity (Wildman–Crippen MR) is 55.3 cm³/mol. The van der Waals surface area contributed by atoms with Gasteiger partial charge in [0.25, 0.3) is 0 Å². The molecule has 0 aliphatic carbocycles. The third-order valence-electron chi connectivity index (χ3n) is 1.92. The van der Waals surface area contributed by atoms with E-state index in [1.807, 2.05) is 30.3 Å². The molecule has 0 atom stereocenters. The molecule has 0 aromatic heterocycles. The van der Waals surface area contributed by atoms with Crippen LogP contribution in [0, 0.1) is 0 Å². The van der Waals surface area contributed by atoms with E-state index in [9.17, 15) is 9.90 Å². The fourth-order valence-electron chi connectivity index (χ4n) is 1.09. The maximum atomic E-state index is 10.3. The van der Waals surface area contributed by atoms with Crippen molar-refractivity contribution in [2.24, 2.45) is 0 Å². The number of carboxylic acid groups (broad SMARTS) is 1. The van der Waals surface area contributed by atoms with Crippen LogP contribution >= 0.6 is 0 Å². The van der Waals surface area contributed by atoms with Crippen molar-refractivity contribution in [1.82, 2.24) is 0 Å². The van der Waals surface area contributed by atoms with Crippen LogP contribution in [0.5, 0.6) is 5.75 Å². The molecule has 0 aliphatic rings. The summed E-state index contributed by atoms with van der Waals surface area (Å²) in [5, 5.41) is 10.3. The number of rotatable bonds is 6. The van der Waals surface area contributed by atoms with Crippen molar-refractivity contribution in [3.63, 3.8) is 0 Å². The minimum absolute atomic E-state index is 0.117. The van der Waals surface area contributed by atoms with Crippen molar-refractivity contribution in [3.8, 4) is 5.75 Å². The van der Waals surface area contributed by atoms with Gasteiger partial charge in [-0.25, -0.2) is 0 Å². The molecule has 0 saturated heterocycles. The molecular formula is C12H13O3-. The topological polar surface area (TPSA) is 49.4 Å². The fraction of sp³-hybridized carbons (Fsp3) is 0.250. The summed E-state index contributed by atoms with van der Waals surface area (Å²) >= 11 is 0. The normalized spacial score (nSPS) is 9.60. The van der Waals surface area contributed by atoms with E-state index in [0.29, 0.717) is 19.4 Å². The molecule has 0 heterocycles. The summed E-state index contributed by atoms with van der Waals surface area (Å²) in [6.45, 7) is 3.86. The number of aliphatic carboxylic acids is 1. The minimum Gasteiger partial charge on any atom is -0.545 e. The van der Waals surface area contributed by atoms with Crippen LogP contribution in [0.3, 0.4) is 0 Å². The number of carboxylic acids is 1. The molecule has 0 amide bonds. The minimum atomic E-state index is -1.19. The molecule has 1 aromatic rings. The average molecular weight is 205 g/mol. The number of carbonyl (C=O) groups is 1. The highest BCUT2D eigenvalue weighted by atomic mass is 16.5. The van der Waals surface area contributed by atoms with E-state index in [0.717, 1.165) is 5.75 Å². The predicted octanol–water partition coefficient (Wildman–Crippen LogP) is 1.15. The lowest BCUT2D eigenvalue weighted by atomic mass is 10.2. The van der Waals surface area contributed by atoms with Crippen LogP contribution in [-0.4, -0.2) is 12.6 Å². The van der Waals surface area contributed by atoms with Gasteiger partial charge in [-0.3, -0.25) is 0 Å². The lowest BCUT2D eigenvalue weighted by Crippen LogP contribution is -2.24. The van der Waals surface area contributed by atoms with Gasteiger partial charge in [-0.1, -0.05) is 24.8 Å². The number of para-hydroxylation sites is 1. The maximum absolute atomic E-state index is 10.3. The van der Waals surface area contributed by atoms with Crippen molar-refractivity contribution in [2.75, 3.05) is 6.61 Å². The largest absolute Gasteiger partial charge is 0.545 e. The Bertz CT molecular complexity index is 330. The molecule has 0 fully saturated rings. The molecule has 1 aromatic carbocycles. The first-order chi connectivity index (χ1) is 7.20. The van der Waals surface area contributed by atoms with E-state index < -0.39 is 5.97 Å². The summed E-state index contributed by atoms with van der Waals surface area (Å²) in [7, 11) is 0. The van der Waals surface area contributed by atoms with E-state index >= 15 is 0 Å². The second-order valence-corrected chi connectivity index (χ2v) is 3.16. The Morgan fingerprint density at radius 2 is 2.00 bits per heavy atom. The quantitative estimate of drug-likeness (QED) is 0.517. The molecule has 0 spiro atoms. The molecule has 15 heavy (non-hydrogen) atoms. The highest BCUT2D eigenvalue weighted by Gasteiger charge is 1.96. The second kappa shape index (κ2) is 5.86. The molecular weight excluding hydrogens is 192 g/mol. The Kier molecular flexibility index (Phi) is 4.41. The standard InChI is InChI=1S/C12H14O3/c1-10(12(13)14)6-5-9-15-11-7-3-2-4-8-11/h2-4,7-8H,1,5-6,9H2,(H,13,14)/p-1. The maximum Gasteiger partial charge on any atom is 0.119 e. The van der Waals surface area contributed by atoms with Gasteiger partial charge in [0, 0.05) is 0 Å². The molecule has 0 bridgehead atoms. The monoisotopic (exact) mass is 205 g/mol. The Morgan fingerprint density at radius 3 is 2.60 bits per heavy atom. The molecule has 0 radical (unpaired) electrons. The number of hydrogen-bond acceptors (Lipinski definition) is 3. The first-order valence-corrected chi connectivity index (χ1v) is 4.77. The van der Waals surface area contributed by atoms with Gasteiger partial charge in [0.15, 0.2) is 0 Å². The first-order valence-electron chi connectivity index (χ1n) is 4.77. The first kappa shape index (κ1) is 11.3. The zero-order valence-corrected chi connectivity index (χ0v) is 8.44. The third-order valence-corrected chi connectivity index (χ3v) is 1.92. The van der Waals surface area contributed by atoms with Crippen LogP contribution in [0.1, 0.15) is 12.8 Å². The van der Waals surface area contributed by atoms with Crippen molar-refractivity contribution in [2.45, 2.75) is 12.8 Å². The number of benzene rings is 1.